The zero-order valence-electron chi connectivity index (χ0n) is 15.9. The second-order valence-corrected chi connectivity index (χ2v) is 15.3. The van der Waals surface area contributed by atoms with Crippen LogP contribution in [-0.4, -0.2) is 16.5 Å². The minimum atomic E-state index is -2.24. The molecule has 0 radical (unpaired) electrons. The number of rotatable bonds is 2. The summed E-state index contributed by atoms with van der Waals surface area (Å²) < 4.78 is 5.65. The molecule has 0 unspecified atom stereocenters. The van der Waals surface area contributed by atoms with E-state index in [2.05, 4.69) is 89.6 Å². The van der Waals surface area contributed by atoms with Crippen LogP contribution < -0.4 is 3.80 Å². The summed E-state index contributed by atoms with van der Waals surface area (Å²) in [5.74, 6) is 0. The minimum absolute atomic E-state index is 0. The van der Waals surface area contributed by atoms with Crippen LogP contribution in [0.3, 0.4) is 0 Å². The van der Waals surface area contributed by atoms with Gasteiger partial charge >= 0.3 is 155 Å². The first-order valence-corrected chi connectivity index (χ1v) is 13.9. The van der Waals surface area contributed by atoms with Crippen molar-refractivity contribution in [3.63, 3.8) is 0 Å². The molecule has 1 aliphatic carbocycles. The quantitative estimate of drug-likeness (QED) is 0.474. The third-order valence-corrected chi connectivity index (χ3v) is 10.4. The van der Waals surface area contributed by atoms with Gasteiger partial charge in [0, 0.05) is 0 Å². The first-order valence-electron chi connectivity index (χ1n) is 9.19. The Bertz CT molecular complexity index is 1010. The van der Waals surface area contributed by atoms with Crippen molar-refractivity contribution in [1.82, 2.24) is 3.80 Å². The van der Waals surface area contributed by atoms with Crippen molar-refractivity contribution in [3.05, 3.63) is 63.5 Å². The molecular formula is C23H31NSiTi. The van der Waals surface area contributed by atoms with E-state index in [0.29, 0.717) is 0 Å². The van der Waals surface area contributed by atoms with Crippen LogP contribution in [0.4, 0.5) is 0 Å². The van der Waals surface area contributed by atoms with E-state index in [0.717, 1.165) is 6.42 Å². The Morgan fingerprint density at radius 2 is 1.31 bits per heavy atom. The average Bonchev–Trinajstić information content (AvgIpc) is 3.00. The zero-order valence-corrected chi connectivity index (χ0v) is 17.5. The van der Waals surface area contributed by atoms with Crippen LogP contribution in [0.15, 0.2) is 52.4 Å². The van der Waals surface area contributed by atoms with Crippen LogP contribution in [-0.2, 0) is 23.3 Å². The van der Waals surface area contributed by atoms with Gasteiger partial charge in [-0.3, -0.25) is 0 Å². The standard InChI is InChI=1S/C17H11.C4H10N.2CH3.H4Si.Ti/c1-3-8-14-12(6-1)13-7-2-4-9-15(13)17-11-5-10-16(14)17;1-4(2,3)5;;;;/h1-4,6-10H,11H2;5H,1-3H3;2*1H3;1H4;/q;-1;;;;+1. The molecule has 1 nitrogen and oxygen atoms in total. The predicted octanol–water partition coefficient (Wildman–Crippen LogP) is 4.99. The fourth-order valence-corrected chi connectivity index (χ4v) is 9.37. The maximum Gasteiger partial charge on any atom is -0.0149 e. The van der Waals surface area contributed by atoms with Gasteiger partial charge in [0.1, 0.15) is 0 Å². The van der Waals surface area contributed by atoms with Crippen LogP contribution in [0.25, 0.3) is 27.6 Å². The van der Waals surface area contributed by atoms with Gasteiger partial charge < -0.3 is 0 Å². The molecular weight excluding hydrogens is 366 g/mol. The van der Waals surface area contributed by atoms with E-state index in [-0.39, 0.29) is 16.5 Å². The van der Waals surface area contributed by atoms with Gasteiger partial charge in [0.15, 0.2) is 0 Å². The fraction of sp³-hybridized carbons (Fsp3) is 0.304. The number of benzene rings is 3. The Hall–Kier alpha value is -1.19. The number of nitrogens with one attached hydrogen (secondary N) is 1. The Morgan fingerprint density at radius 1 is 0.808 bits per heavy atom. The summed E-state index contributed by atoms with van der Waals surface area (Å²) in [6.07, 6.45) is 3.62. The van der Waals surface area contributed by atoms with Crippen LogP contribution in [0.5, 0.6) is 0 Å². The molecule has 1 N–H and O–H groups in total. The van der Waals surface area contributed by atoms with E-state index >= 15 is 0 Å². The summed E-state index contributed by atoms with van der Waals surface area (Å²) in [4.78, 5) is 0. The molecule has 3 heteroatoms. The number of fused-ring (bicyclic) bond motifs is 6. The average molecular weight is 397 g/mol. The molecule has 0 fully saturated rings. The van der Waals surface area contributed by atoms with Crippen molar-refractivity contribution in [1.29, 1.82) is 0 Å². The van der Waals surface area contributed by atoms with Crippen molar-refractivity contribution < 1.29 is 16.8 Å². The summed E-state index contributed by atoms with van der Waals surface area (Å²) in [6.45, 7) is 6.86. The van der Waals surface area contributed by atoms with Gasteiger partial charge in [-0.1, -0.05) is 0 Å². The molecule has 0 saturated heterocycles. The molecule has 0 atom stereocenters. The Morgan fingerprint density at radius 3 is 1.88 bits per heavy atom. The molecule has 0 spiro atoms. The van der Waals surface area contributed by atoms with Crippen molar-refractivity contribution >= 4 is 38.6 Å². The SMILES string of the molecule is CC(C)(C)[NH][Ti]([CH3])([CH3])[C]1=Cc2c(c3ccccc3c3ccccc23)C1.[SiH4]. The smallest absolute Gasteiger partial charge is 0.0149 e. The van der Waals surface area contributed by atoms with E-state index < -0.39 is 16.8 Å². The van der Waals surface area contributed by atoms with Gasteiger partial charge in [-0.05, 0) is 11.0 Å². The summed E-state index contributed by atoms with van der Waals surface area (Å²) in [7, 11) is 0. The molecule has 0 amide bonds. The molecule has 0 aliphatic heterocycles. The fourth-order valence-electron chi connectivity index (χ4n) is 4.43. The van der Waals surface area contributed by atoms with Crippen molar-refractivity contribution in [2.45, 2.75) is 43.2 Å². The van der Waals surface area contributed by atoms with E-state index in [9.17, 15) is 0 Å². The van der Waals surface area contributed by atoms with E-state index in [4.69, 9.17) is 0 Å². The van der Waals surface area contributed by atoms with Crippen LogP contribution in [0.1, 0.15) is 31.9 Å². The van der Waals surface area contributed by atoms with Gasteiger partial charge in [-0.2, -0.15) is 0 Å². The maximum atomic E-state index is 3.99. The largest absolute Gasteiger partial charge is 0.0149 e. The molecule has 1 aliphatic rings. The van der Waals surface area contributed by atoms with E-state index in [1.54, 1.807) is 3.88 Å². The molecule has 0 heterocycles. The van der Waals surface area contributed by atoms with Crippen LogP contribution in [0.2, 0.25) is 10.5 Å². The third-order valence-electron chi connectivity index (χ3n) is 5.26. The van der Waals surface area contributed by atoms with Crippen molar-refractivity contribution in [2.24, 2.45) is 0 Å². The molecule has 3 aromatic rings. The van der Waals surface area contributed by atoms with Gasteiger partial charge in [-0.25, -0.2) is 0 Å². The Labute approximate surface area is 165 Å². The summed E-state index contributed by atoms with van der Waals surface area (Å²) >= 11 is -2.24. The second kappa shape index (κ2) is 6.76. The van der Waals surface area contributed by atoms with Gasteiger partial charge in [-0.15, -0.1) is 0 Å². The minimum Gasteiger partial charge on any atom is -0.0149 e. The molecule has 0 bridgehead atoms. The van der Waals surface area contributed by atoms with Crippen LogP contribution in [0, 0.1) is 0 Å². The summed E-state index contributed by atoms with van der Waals surface area (Å²) in [5, 5.41) is 10.6. The monoisotopic (exact) mass is 397 g/mol. The number of allylic oxidation sites excluding steroid dienone is 1. The number of hydrogen-bond acceptors (Lipinski definition) is 1. The van der Waals surface area contributed by atoms with Gasteiger partial charge in [0.2, 0.25) is 0 Å². The molecule has 0 saturated carbocycles. The van der Waals surface area contributed by atoms with Gasteiger partial charge in [0.05, 0.1) is 0 Å². The molecule has 3 aromatic carbocycles. The van der Waals surface area contributed by atoms with Crippen LogP contribution >= 0.6 is 0 Å². The topological polar surface area (TPSA) is 12.0 Å². The van der Waals surface area contributed by atoms with Crippen molar-refractivity contribution in [3.8, 4) is 0 Å². The van der Waals surface area contributed by atoms with Gasteiger partial charge in [0.25, 0.3) is 0 Å². The molecule has 4 rings (SSSR count). The van der Waals surface area contributed by atoms with Crippen molar-refractivity contribution in [2.75, 3.05) is 0 Å². The number of hydrogen-bond donors (Lipinski definition) is 1. The molecule has 26 heavy (non-hydrogen) atoms. The zero-order chi connectivity index (χ0) is 17.8. The second-order valence-electron chi connectivity index (χ2n) is 8.83. The first-order chi connectivity index (χ1) is 11.8. The Kier molecular flexibility index (Phi) is 5.09. The van der Waals surface area contributed by atoms with E-state index in [1.165, 1.54) is 32.7 Å². The Balaban J connectivity index is 0.00000196. The first kappa shape index (κ1) is 19.6. The summed E-state index contributed by atoms with van der Waals surface area (Å²) in [6, 6.07) is 17.8. The third kappa shape index (κ3) is 3.36. The molecule has 136 valence electrons. The maximum absolute atomic E-state index is 3.99. The summed E-state index contributed by atoms with van der Waals surface area (Å²) in [5.41, 5.74) is 3.15. The molecule has 0 aromatic heterocycles. The van der Waals surface area contributed by atoms with E-state index in [1.807, 2.05) is 0 Å². The normalized spacial score (nSPS) is 14.3. The predicted molar refractivity (Wildman–Crippen MR) is 119 cm³/mol.